The summed E-state index contributed by atoms with van der Waals surface area (Å²) in [4.78, 5) is 37.1. The van der Waals surface area contributed by atoms with E-state index in [1.807, 2.05) is 0 Å². The van der Waals surface area contributed by atoms with Gasteiger partial charge in [-0.2, -0.15) is 0 Å². The van der Waals surface area contributed by atoms with Crippen molar-refractivity contribution >= 4 is 50.7 Å². The molecule has 1 heterocycles. The van der Waals surface area contributed by atoms with E-state index in [1.54, 1.807) is 36.4 Å². The van der Waals surface area contributed by atoms with E-state index in [1.165, 1.54) is 17.8 Å². The number of hydrazine groups is 1. The van der Waals surface area contributed by atoms with Crippen LogP contribution in [-0.2, 0) is 4.79 Å². The van der Waals surface area contributed by atoms with Gasteiger partial charge in [-0.15, -0.1) is 11.3 Å². The molecular weight excluding hydrogens is 430 g/mol. The van der Waals surface area contributed by atoms with Crippen LogP contribution in [-0.4, -0.2) is 17.7 Å². The molecule has 142 valence electrons. The summed E-state index contributed by atoms with van der Waals surface area (Å²) in [6, 6.07) is 10.1. The summed E-state index contributed by atoms with van der Waals surface area (Å²) in [6.45, 7) is 0. The van der Waals surface area contributed by atoms with Gasteiger partial charge >= 0.3 is 0 Å². The number of carbonyl (C=O) groups is 3. The highest BCUT2D eigenvalue weighted by atomic mass is 79.9. The Bertz CT molecular complexity index is 846. The highest BCUT2D eigenvalue weighted by Crippen LogP contribution is 2.25. The van der Waals surface area contributed by atoms with Crippen LogP contribution in [0.1, 0.15) is 52.1 Å². The number of amides is 3. The lowest BCUT2D eigenvalue weighted by molar-refractivity contribution is -0.120. The molecular formula is C19H20BrN3O3S. The number of anilines is 1. The van der Waals surface area contributed by atoms with Crippen LogP contribution in [0.2, 0.25) is 0 Å². The Morgan fingerprint density at radius 3 is 2.41 bits per heavy atom. The lowest BCUT2D eigenvalue weighted by atomic mass is 9.88. The summed E-state index contributed by atoms with van der Waals surface area (Å²) in [7, 11) is 0. The van der Waals surface area contributed by atoms with Crippen LogP contribution in [0.4, 0.5) is 5.69 Å². The SMILES string of the molecule is O=C(NNC(=O)c1ccc(Br)s1)c1cccc(NC(=O)C2CCCCC2)c1. The standard InChI is InChI=1S/C19H20BrN3O3S/c20-16-10-9-15(27-16)19(26)23-22-18(25)13-7-4-8-14(11-13)21-17(24)12-5-2-1-3-6-12/h4,7-12H,1-3,5-6H2,(H,21,24)(H,22,25)(H,23,26). The van der Waals surface area contributed by atoms with Crippen molar-refractivity contribution in [1.82, 2.24) is 10.9 Å². The van der Waals surface area contributed by atoms with Gasteiger partial charge in [-0.25, -0.2) is 0 Å². The maximum absolute atomic E-state index is 12.4. The quantitative estimate of drug-likeness (QED) is 0.613. The summed E-state index contributed by atoms with van der Waals surface area (Å²) >= 11 is 4.56. The predicted octanol–water partition coefficient (Wildman–Crippen LogP) is 4.10. The number of halogens is 1. The molecule has 1 aromatic carbocycles. The van der Waals surface area contributed by atoms with Gasteiger partial charge in [0.25, 0.3) is 11.8 Å². The molecule has 1 saturated carbocycles. The van der Waals surface area contributed by atoms with Crippen LogP contribution < -0.4 is 16.2 Å². The molecule has 6 nitrogen and oxygen atoms in total. The number of benzene rings is 1. The van der Waals surface area contributed by atoms with Gasteiger partial charge in [0.2, 0.25) is 5.91 Å². The highest BCUT2D eigenvalue weighted by Gasteiger charge is 2.21. The van der Waals surface area contributed by atoms with E-state index in [0.29, 0.717) is 16.1 Å². The summed E-state index contributed by atoms with van der Waals surface area (Å²) < 4.78 is 0.834. The van der Waals surface area contributed by atoms with Crippen LogP contribution in [0.15, 0.2) is 40.2 Å². The van der Waals surface area contributed by atoms with Crippen LogP contribution in [0.25, 0.3) is 0 Å². The minimum Gasteiger partial charge on any atom is -0.326 e. The maximum atomic E-state index is 12.4. The Morgan fingerprint density at radius 1 is 0.963 bits per heavy atom. The molecule has 3 amide bonds. The zero-order chi connectivity index (χ0) is 19.2. The molecule has 0 bridgehead atoms. The minimum absolute atomic E-state index is 0.00355. The normalized spacial score (nSPS) is 14.4. The molecule has 1 aliphatic rings. The molecule has 0 radical (unpaired) electrons. The maximum Gasteiger partial charge on any atom is 0.279 e. The van der Waals surface area contributed by atoms with E-state index in [9.17, 15) is 14.4 Å². The molecule has 27 heavy (non-hydrogen) atoms. The Morgan fingerprint density at radius 2 is 1.70 bits per heavy atom. The Kier molecular flexibility index (Phi) is 6.63. The zero-order valence-corrected chi connectivity index (χ0v) is 17.0. The first-order valence-corrected chi connectivity index (χ1v) is 10.4. The largest absolute Gasteiger partial charge is 0.326 e. The van der Waals surface area contributed by atoms with E-state index in [4.69, 9.17) is 0 Å². The lowest BCUT2D eigenvalue weighted by Crippen LogP contribution is -2.41. The van der Waals surface area contributed by atoms with Gasteiger partial charge in [0.15, 0.2) is 0 Å². The number of thiophene rings is 1. The van der Waals surface area contributed by atoms with Crippen molar-refractivity contribution in [2.75, 3.05) is 5.32 Å². The zero-order valence-electron chi connectivity index (χ0n) is 14.6. The van der Waals surface area contributed by atoms with Gasteiger partial charge in [0.05, 0.1) is 8.66 Å². The molecule has 0 unspecified atom stereocenters. The van der Waals surface area contributed by atoms with Crippen LogP contribution in [0.3, 0.4) is 0 Å². The highest BCUT2D eigenvalue weighted by molar-refractivity contribution is 9.11. The number of hydrogen-bond acceptors (Lipinski definition) is 4. The van der Waals surface area contributed by atoms with Gasteiger partial charge in [-0.3, -0.25) is 25.2 Å². The molecule has 3 N–H and O–H groups in total. The number of rotatable bonds is 4. The predicted molar refractivity (Wildman–Crippen MR) is 109 cm³/mol. The summed E-state index contributed by atoms with van der Waals surface area (Å²) in [5.41, 5.74) is 5.70. The fraction of sp³-hybridized carbons (Fsp3) is 0.316. The van der Waals surface area contributed by atoms with Gasteiger partial charge in [0.1, 0.15) is 0 Å². The summed E-state index contributed by atoms with van der Waals surface area (Å²) in [6.07, 6.45) is 5.18. The fourth-order valence-corrected chi connectivity index (χ4v) is 4.31. The number of carbonyl (C=O) groups excluding carboxylic acids is 3. The van der Waals surface area contributed by atoms with Crippen molar-refractivity contribution in [2.45, 2.75) is 32.1 Å². The van der Waals surface area contributed by atoms with Crippen molar-refractivity contribution in [2.24, 2.45) is 5.92 Å². The summed E-state index contributed by atoms with van der Waals surface area (Å²) in [5, 5.41) is 2.89. The van der Waals surface area contributed by atoms with Crippen molar-refractivity contribution in [3.63, 3.8) is 0 Å². The molecule has 1 fully saturated rings. The Hall–Kier alpha value is -2.19. The summed E-state index contributed by atoms with van der Waals surface area (Å²) in [5.74, 6) is -0.794. The molecule has 0 atom stereocenters. The Labute approximate surface area is 169 Å². The average Bonchev–Trinajstić information content (AvgIpc) is 3.13. The van der Waals surface area contributed by atoms with Gasteiger partial charge in [-0.05, 0) is 59.1 Å². The van der Waals surface area contributed by atoms with E-state index in [-0.39, 0.29) is 17.7 Å². The number of hydrogen-bond donors (Lipinski definition) is 3. The van der Waals surface area contributed by atoms with Crippen molar-refractivity contribution in [3.8, 4) is 0 Å². The third-order valence-electron chi connectivity index (χ3n) is 4.45. The molecule has 3 rings (SSSR count). The second kappa shape index (κ2) is 9.14. The van der Waals surface area contributed by atoms with E-state index in [2.05, 4.69) is 32.1 Å². The molecule has 0 saturated heterocycles. The van der Waals surface area contributed by atoms with Gasteiger partial charge in [0, 0.05) is 17.2 Å². The molecule has 8 heteroatoms. The van der Waals surface area contributed by atoms with Gasteiger partial charge in [-0.1, -0.05) is 25.3 Å². The molecule has 2 aromatic rings. The molecule has 1 aromatic heterocycles. The second-order valence-electron chi connectivity index (χ2n) is 6.42. The van der Waals surface area contributed by atoms with Gasteiger partial charge < -0.3 is 5.32 Å². The first-order chi connectivity index (χ1) is 13.0. The smallest absolute Gasteiger partial charge is 0.279 e. The first kappa shape index (κ1) is 19.6. The first-order valence-electron chi connectivity index (χ1n) is 8.80. The Balaban J connectivity index is 1.56. The topological polar surface area (TPSA) is 87.3 Å². The molecule has 0 aliphatic heterocycles. The van der Waals surface area contributed by atoms with E-state index >= 15 is 0 Å². The second-order valence-corrected chi connectivity index (χ2v) is 8.88. The van der Waals surface area contributed by atoms with E-state index in [0.717, 1.165) is 29.5 Å². The van der Waals surface area contributed by atoms with E-state index < -0.39 is 5.91 Å². The average molecular weight is 450 g/mol. The third kappa shape index (κ3) is 5.40. The van der Waals surface area contributed by atoms with Crippen molar-refractivity contribution < 1.29 is 14.4 Å². The monoisotopic (exact) mass is 449 g/mol. The van der Waals surface area contributed by atoms with Crippen molar-refractivity contribution in [1.29, 1.82) is 0 Å². The van der Waals surface area contributed by atoms with Crippen LogP contribution >= 0.6 is 27.3 Å². The molecule has 1 aliphatic carbocycles. The number of nitrogens with one attached hydrogen (secondary N) is 3. The van der Waals surface area contributed by atoms with Crippen LogP contribution in [0, 0.1) is 5.92 Å². The minimum atomic E-state index is -0.451. The molecule has 0 spiro atoms. The van der Waals surface area contributed by atoms with Crippen molar-refractivity contribution in [3.05, 3.63) is 50.6 Å². The lowest BCUT2D eigenvalue weighted by Gasteiger charge is -2.20. The van der Waals surface area contributed by atoms with Crippen LogP contribution in [0.5, 0.6) is 0 Å². The fourth-order valence-electron chi connectivity index (χ4n) is 3.03. The third-order valence-corrected chi connectivity index (χ3v) is 6.08.